The van der Waals surface area contributed by atoms with Gasteiger partial charge in [-0.25, -0.2) is 0 Å². The highest BCUT2D eigenvalue weighted by Crippen LogP contribution is 2.27. The number of hydrogen-bond donors (Lipinski definition) is 2. The number of carboxylic acids is 1. The maximum absolute atomic E-state index is 12.6. The molecule has 0 aromatic rings. The Balaban J connectivity index is 2.88. The molecular formula is C13H24N2O3. The fourth-order valence-electron chi connectivity index (χ4n) is 2.65. The molecule has 0 aliphatic carbocycles. The molecule has 1 rings (SSSR count). The van der Waals surface area contributed by atoms with Crippen molar-refractivity contribution in [3.63, 3.8) is 0 Å². The molecule has 1 aliphatic rings. The van der Waals surface area contributed by atoms with Gasteiger partial charge in [0.05, 0.1) is 5.54 Å². The number of hydrogen-bond acceptors (Lipinski definition) is 3. The zero-order chi connectivity index (χ0) is 13.8. The number of carboxylic acid groups (broad SMARTS) is 1. The Morgan fingerprint density at radius 2 is 2.11 bits per heavy atom. The van der Waals surface area contributed by atoms with E-state index in [1.165, 1.54) is 4.90 Å². The molecule has 0 aromatic carbocycles. The average molecular weight is 256 g/mol. The van der Waals surface area contributed by atoms with Crippen molar-refractivity contribution in [2.24, 2.45) is 0 Å². The van der Waals surface area contributed by atoms with Crippen molar-refractivity contribution in [1.29, 1.82) is 0 Å². The van der Waals surface area contributed by atoms with Crippen molar-refractivity contribution in [1.82, 2.24) is 10.2 Å². The van der Waals surface area contributed by atoms with E-state index >= 15 is 0 Å². The van der Waals surface area contributed by atoms with E-state index in [9.17, 15) is 9.59 Å². The molecule has 1 saturated heterocycles. The van der Waals surface area contributed by atoms with E-state index in [2.05, 4.69) is 5.32 Å². The zero-order valence-electron chi connectivity index (χ0n) is 11.5. The summed E-state index contributed by atoms with van der Waals surface area (Å²) in [6, 6.07) is -0.0928. The molecule has 1 fully saturated rings. The zero-order valence-corrected chi connectivity index (χ0v) is 11.5. The second kappa shape index (κ2) is 6.18. The Bertz CT molecular complexity index is 309. The van der Waals surface area contributed by atoms with Crippen molar-refractivity contribution in [3.05, 3.63) is 0 Å². The molecule has 0 aromatic heterocycles. The van der Waals surface area contributed by atoms with Crippen LogP contribution in [-0.4, -0.2) is 46.6 Å². The predicted molar refractivity (Wildman–Crippen MR) is 69.4 cm³/mol. The van der Waals surface area contributed by atoms with E-state index < -0.39 is 11.5 Å². The lowest BCUT2D eigenvalue weighted by atomic mass is 9.89. The van der Waals surface area contributed by atoms with Crippen LogP contribution in [-0.2, 0) is 9.59 Å². The number of carbonyl (C=O) groups excluding carboxylic acids is 1. The largest absolute Gasteiger partial charge is 0.480 e. The molecule has 2 N–H and O–H groups in total. The Kier molecular flexibility index (Phi) is 5.14. The first-order chi connectivity index (χ1) is 8.43. The second-order valence-corrected chi connectivity index (χ2v) is 5.28. The van der Waals surface area contributed by atoms with Gasteiger partial charge in [-0.3, -0.25) is 9.59 Å². The summed E-state index contributed by atoms with van der Waals surface area (Å²) in [6.45, 7) is 6.38. The van der Waals surface area contributed by atoms with Crippen LogP contribution in [0.25, 0.3) is 0 Å². The normalized spacial score (nSPS) is 23.3. The van der Waals surface area contributed by atoms with Crippen LogP contribution < -0.4 is 5.32 Å². The summed E-state index contributed by atoms with van der Waals surface area (Å²) in [7, 11) is 0. The molecule has 0 saturated carbocycles. The first kappa shape index (κ1) is 15.0. The van der Waals surface area contributed by atoms with Gasteiger partial charge < -0.3 is 15.3 Å². The first-order valence-corrected chi connectivity index (χ1v) is 6.71. The molecule has 1 heterocycles. The monoisotopic (exact) mass is 256 g/mol. The Hall–Kier alpha value is -1.10. The maximum Gasteiger partial charge on any atom is 0.323 e. The molecular weight excluding hydrogens is 232 g/mol. The number of carbonyl (C=O) groups is 2. The van der Waals surface area contributed by atoms with E-state index in [0.717, 1.165) is 32.2 Å². The number of rotatable bonds is 6. The van der Waals surface area contributed by atoms with Gasteiger partial charge in [-0.1, -0.05) is 13.3 Å². The van der Waals surface area contributed by atoms with E-state index in [-0.39, 0.29) is 18.5 Å². The molecule has 1 amide bonds. The summed E-state index contributed by atoms with van der Waals surface area (Å²) in [5.41, 5.74) is -0.533. The van der Waals surface area contributed by atoms with Gasteiger partial charge in [0.2, 0.25) is 5.91 Å². The third-order valence-electron chi connectivity index (χ3n) is 3.52. The second-order valence-electron chi connectivity index (χ2n) is 5.28. The van der Waals surface area contributed by atoms with Crippen molar-refractivity contribution in [3.8, 4) is 0 Å². The molecule has 1 unspecified atom stereocenters. The number of aliphatic carboxylic acids is 1. The molecule has 1 atom stereocenters. The standard InChI is InChI=1S/C13H24N2O3/c1-4-6-13(7-5-8-14-13)12(18)15(10(2)3)9-11(16)17/h10,14H,4-9H2,1-3H3,(H,16,17). The van der Waals surface area contributed by atoms with Crippen LogP contribution in [0.1, 0.15) is 46.5 Å². The summed E-state index contributed by atoms with van der Waals surface area (Å²) >= 11 is 0. The minimum absolute atomic E-state index is 0.0562. The predicted octanol–water partition coefficient (Wildman–Crippen LogP) is 1.23. The van der Waals surface area contributed by atoms with Gasteiger partial charge >= 0.3 is 5.97 Å². The molecule has 1 aliphatic heterocycles. The lowest BCUT2D eigenvalue weighted by Crippen LogP contribution is -2.57. The van der Waals surface area contributed by atoms with Crippen LogP contribution in [0.5, 0.6) is 0 Å². The summed E-state index contributed by atoms with van der Waals surface area (Å²) in [5, 5.41) is 12.2. The lowest BCUT2D eigenvalue weighted by molar-refractivity contribution is -0.149. The quantitative estimate of drug-likeness (QED) is 0.750. The van der Waals surface area contributed by atoms with E-state index in [0.29, 0.717) is 0 Å². The third-order valence-corrected chi connectivity index (χ3v) is 3.52. The Morgan fingerprint density at radius 3 is 2.50 bits per heavy atom. The van der Waals surface area contributed by atoms with Crippen LogP contribution >= 0.6 is 0 Å². The molecule has 0 bridgehead atoms. The van der Waals surface area contributed by atoms with Gasteiger partial charge in [-0.15, -0.1) is 0 Å². The average Bonchev–Trinajstić information content (AvgIpc) is 2.74. The smallest absolute Gasteiger partial charge is 0.323 e. The minimum atomic E-state index is -0.957. The van der Waals surface area contributed by atoms with Crippen LogP contribution in [0.3, 0.4) is 0 Å². The highest BCUT2D eigenvalue weighted by molar-refractivity contribution is 5.89. The number of nitrogens with zero attached hydrogens (tertiary/aromatic N) is 1. The minimum Gasteiger partial charge on any atom is -0.480 e. The van der Waals surface area contributed by atoms with Crippen molar-refractivity contribution in [2.75, 3.05) is 13.1 Å². The summed E-state index contributed by atoms with van der Waals surface area (Å²) in [6.07, 6.45) is 3.47. The fourth-order valence-corrected chi connectivity index (χ4v) is 2.65. The van der Waals surface area contributed by atoms with Gasteiger partial charge in [-0.2, -0.15) is 0 Å². The highest BCUT2D eigenvalue weighted by Gasteiger charge is 2.43. The van der Waals surface area contributed by atoms with E-state index in [1.54, 1.807) is 0 Å². The van der Waals surface area contributed by atoms with Crippen molar-refractivity contribution < 1.29 is 14.7 Å². The Morgan fingerprint density at radius 1 is 1.44 bits per heavy atom. The fraction of sp³-hybridized carbons (Fsp3) is 0.846. The molecule has 5 nitrogen and oxygen atoms in total. The van der Waals surface area contributed by atoms with Crippen molar-refractivity contribution in [2.45, 2.75) is 58.0 Å². The van der Waals surface area contributed by atoms with Gasteiger partial charge in [0, 0.05) is 6.04 Å². The van der Waals surface area contributed by atoms with E-state index in [1.807, 2.05) is 20.8 Å². The molecule has 0 spiro atoms. The van der Waals surface area contributed by atoms with E-state index in [4.69, 9.17) is 5.11 Å². The van der Waals surface area contributed by atoms with Gasteiger partial charge in [0.15, 0.2) is 0 Å². The van der Waals surface area contributed by atoms with Crippen LogP contribution in [0.2, 0.25) is 0 Å². The third kappa shape index (κ3) is 3.22. The van der Waals surface area contributed by atoms with Crippen LogP contribution in [0, 0.1) is 0 Å². The summed E-state index contributed by atoms with van der Waals surface area (Å²) < 4.78 is 0. The van der Waals surface area contributed by atoms with Gasteiger partial charge in [0.25, 0.3) is 0 Å². The maximum atomic E-state index is 12.6. The number of nitrogens with one attached hydrogen (secondary N) is 1. The molecule has 5 heteroatoms. The molecule has 104 valence electrons. The SMILES string of the molecule is CCCC1(C(=O)N(CC(=O)O)C(C)C)CCCN1. The molecule has 18 heavy (non-hydrogen) atoms. The Labute approximate surface area is 109 Å². The van der Waals surface area contributed by atoms with Gasteiger partial charge in [0.1, 0.15) is 6.54 Å². The van der Waals surface area contributed by atoms with Crippen LogP contribution in [0.15, 0.2) is 0 Å². The van der Waals surface area contributed by atoms with Crippen LogP contribution in [0.4, 0.5) is 0 Å². The van der Waals surface area contributed by atoms with Gasteiger partial charge in [-0.05, 0) is 39.7 Å². The lowest BCUT2D eigenvalue weighted by Gasteiger charge is -2.36. The molecule has 0 radical (unpaired) electrons. The summed E-state index contributed by atoms with van der Waals surface area (Å²) in [5.74, 6) is -1.01. The van der Waals surface area contributed by atoms with Crippen molar-refractivity contribution >= 4 is 11.9 Å². The topological polar surface area (TPSA) is 69.6 Å². The first-order valence-electron chi connectivity index (χ1n) is 6.71. The summed E-state index contributed by atoms with van der Waals surface area (Å²) in [4.78, 5) is 25.0. The number of amides is 1. The highest BCUT2D eigenvalue weighted by atomic mass is 16.4.